The number of pyridine rings is 2. The van der Waals surface area contributed by atoms with Crippen molar-refractivity contribution in [2.45, 2.75) is 52.4 Å². The summed E-state index contributed by atoms with van der Waals surface area (Å²) in [7, 11) is 0. The summed E-state index contributed by atoms with van der Waals surface area (Å²) in [6.07, 6.45) is 1.90. The van der Waals surface area contributed by atoms with Gasteiger partial charge in [0.05, 0.1) is 16.7 Å². The van der Waals surface area contributed by atoms with E-state index in [4.69, 9.17) is 9.97 Å². The van der Waals surface area contributed by atoms with E-state index in [-0.39, 0.29) is 37.6 Å². The van der Waals surface area contributed by atoms with Gasteiger partial charge in [0.1, 0.15) is 5.75 Å². The third kappa shape index (κ3) is 8.48. The minimum Gasteiger partial charge on any atom is -0.507 e. The third-order valence-corrected chi connectivity index (χ3v) is 12.3. The Kier molecular flexibility index (Phi) is 11.5. The van der Waals surface area contributed by atoms with Crippen LogP contribution in [-0.2, 0) is 31.9 Å². The molecule has 10 rings (SSSR count). The van der Waals surface area contributed by atoms with Crippen LogP contribution in [0.1, 0.15) is 52.7 Å². The Morgan fingerprint density at radius 1 is 0.462 bits per heavy atom. The first-order valence-electron chi connectivity index (χ1n) is 22.0. The van der Waals surface area contributed by atoms with Crippen molar-refractivity contribution in [3.05, 3.63) is 205 Å². The molecule has 0 aliphatic rings. The summed E-state index contributed by atoms with van der Waals surface area (Å²) >= 11 is 0. The Morgan fingerprint density at radius 3 is 1.78 bits per heavy atom. The maximum absolute atomic E-state index is 11.5. The van der Waals surface area contributed by atoms with Gasteiger partial charge in [-0.05, 0) is 92.2 Å². The molecule has 1 N–H and O–H groups in total. The molecule has 0 bridgehead atoms. The minimum absolute atomic E-state index is 0. The Labute approximate surface area is 396 Å². The van der Waals surface area contributed by atoms with Crippen molar-refractivity contribution in [3.8, 4) is 78.6 Å². The molecular formula is C60H50N3OPt-. The van der Waals surface area contributed by atoms with Crippen LogP contribution in [0.2, 0.25) is 0 Å². The second kappa shape index (κ2) is 17.3. The third-order valence-electron chi connectivity index (χ3n) is 12.3. The van der Waals surface area contributed by atoms with E-state index in [1.807, 2.05) is 36.5 Å². The molecule has 5 heteroatoms. The molecule has 0 amide bonds. The molecule has 0 aliphatic carbocycles. The van der Waals surface area contributed by atoms with Crippen molar-refractivity contribution in [2.75, 3.05) is 0 Å². The number of hydrogen-bond acceptors (Lipinski definition) is 3. The molecular weight excluding hydrogens is 974 g/mol. The van der Waals surface area contributed by atoms with Gasteiger partial charge in [0.25, 0.3) is 0 Å². The first-order valence-corrected chi connectivity index (χ1v) is 22.0. The zero-order chi connectivity index (χ0) is 44.2. The molecule has 0 aliphatic heterocycles. The van der Waals surface area contributed by atoms with Crippen molar-refractivity contribution in [1.82, 2.24) is 14.5 Å². The molecule has 4 nitrogen and oxygen atoms in total. The molecule has 0 fully saturated rings. The first-order chi connectivity index (χ1) is 30.9. The first kappa shape index (κ1) is 43.4. The molecule has 0 spiro atoms. The fourth-order valence-electron chi connectivity index (χ4n) is 8.79. The average Bonchev–Trinajstić information content (AvgIpc) is 3.66. The molecule has 0 atom stereocenters. The normalized spacial score (nSPS) is 11.8. The maximum atomic E-state index is 11.5. The van der Waals surface area contributed by atoms with E-state index < -0.39 is 0 Å². The standard InChI is InChI=1S/C60H50N3O.Pt/c1-59(2,3)46-32-44(33-47(38-46)60(4,5)6)45-36-54(62-55(37-45)52-34-40(27-28-57(52)64)39-17-9-7-10-18-39)43-20-15-19-42(31-43)53-35-41(29-30-61-53)49-24-16-25-51-50-23-13-14-26-56(50)63(58(49)51)48-21-11-8-12-22-48;/h7-30,32-38,64H,1-6H3;/q-1;. The molecule has 0 unspecified atom stereocenters. The second-order valence-corrected chi connectivity index (χ2v) is 18.8. The quantitative estimate of drug-likeness (QED) is 0.162. The summed E-state index contributed by atoms with van der Waals surface area (Å²) < 4.78 is 2.37. The van der Waals surface area contributed by atoms with Gasteiger partial charge >= 0.3 is 0 Å². The Morgan fingerprint density at radius 2 is 1.06 bits per heavy atom. The van der Waals surface area contributed by atoms with Crippen LogP contribution >= 0.6 is 0 Å². The molecule has 10 aromatic rings. The van der Waals surface area contributed by atoms with E-state index in [9.17, 15) is 5.11 Å². The summed E-state index contributed by atoms with van der Waals surface area (Å²) in [6.45, 7) is 13.6. The van der Waals surface area contributed by atoms with E-state index in [0.717, 1.165) is 67.1 Å². The number of hydrogen-bond donors (Lipinski definition) is 1. The van der Waals surface area contributed by atoms with Crippen molar-refractivity contribution >= 4 is 21.8 Å². The van der Waals surface area contributed by atoms with Gasteiger partial charge in [-0.1, -0.05) is 174 Å². The van der Waals surface area contributed by atoms with Crippen LogP contribution in [0.4, 0.5) is 0 Å². The molecule has 3 heterocycles. The molecule has 0 saturated carbocycles. The molecule has 7 aromatic carbocycles. The fraction of sp³-hybridized carbons (Fsp3) is 0.133. The summed E-state index contributed by atoms with van der Waals surface area (Å²) in [6, 6.07) is 67.3. The molecule has 0 saturated heterocycles. The van der Waals surface area contributed by atoms with Crippen molar-refractivity contribution in [2.24, 2.45) is 0 Å². The van der Waals surface area contributed by atoms with Crippen LogP contribution in [0.25, 0.3) is 94.6 Å². The van der Waals surface area contributed by atoms with Gasteiger partial charge in [0.15, 0.2) is 0 Å². The second-order valence-electron chi connectivity index (χ2n) is 18.8. The van der Waals surface area contributed by atoms with Crippen LogP contribution in [-0.4, -0.2) is 19.6 Å². The maximum Gasteiger partial charge on any atom is 0.124 e. The van der Waals surface area contributed by atoms with Gasteiger partial charge in [-0.3, -0.25) is 9.97 Å². The number of phenolic OH excluding ortho intramolecular Hbond substituents is 1. The number of aromatic nitrogens is 3. The predicted molar refractivity (Wildman–Crippen MR) is 267 cm³/mol. The number of fused-ring (bicyclic) bond motifs is 3. The predicted octanol–water partition coefficient (Wildman–Crippen LogP) is 15.7. The van der Waals surface area contributed by atoms with E-state index in [0.29, 0.717) is 11.3 Å². The van der Waals surface area contributed by atoms with Gasteiger partial charge in [-0.2, -0.15) is 0 Å². The van der Waals surface area contributed by atoms with Crippen molar-refractivity contribution in [1.29, 1.82) is 0 Å². The van der Waals surface area contributed by atoms with Gasteiger partial charge in [-0.25, -0.2) is 0 Å². The fourth-order valence-corrected chi connectivity index (χ4v) is 8.79. The van der Waals surface area contributed by atoms with Crippen LogP contribution < -0.4 is 0 Å². The summed E-state index contributed by atoms with van der Waals surface area (Å²) in [4.78, 5) is 10.2. The van der Waals surface area contributed by atoms with Crippen molar-refractivity contribution < 1.29 is 26.2 Å². The van der Waals surface area contributed by atoms with Crippen molar-refractivity contribution in [3.63, 3.8) is 0 Å². The molecule has 65 heavy (non-hydrogen) atoms. The molecule has 3 aromatic heterocycles. The summed E-state index contributed by atoms with van der Waals surface area (Å²) in [5, 5.41) is 13.9. The van der Waals surface area contributed by atoms with Gasteiger partial charge < -0.3 is 9.67 Å². The Bertz CT molecular complexity index is 3320. The Balaban J connectivity index is 0.00000533. The number of phenols is 1. The van der Waals surface area contributed by atoms with Crippen LogP contribution in [0.5, 0.6) is 5.75 Å². The molecule has 322 valence electrons. The number of benzene rings is 7. The van der Waals surface area contributed by atoms with Crippen LogP contribution in [0, 0.1) is 6.07 Å². The average molecular weight is 1020 g/mol. The van der Waals surface area contributed by atoms with E-state index in [1.54, 1.807) is 6.07 Å². The topological polar surface area (TPSA) is 50.9 Å². The van der Waals surface area contributed by atoms with Gasteiger partial charge in [0, 0.05) is 66.2 Å². The summed E-state index contributed by atoms with van der Waals surface area (Å²) in [5.74, 6) is 0.175. The van der Waals surface area contributed by atoms with E-state index in [1.165, 1.54) is 27.4 Å². The monoisotopic (exact) mass is 1020 g/mol. The SMILES string of the molecule is CC(C)(C)c1cc(-c2cc(-c3[c-]c(-c4cc(-c5cccc6c7ccccc7n(-c7ccccc7)c56)ccn4)ccc3)nc(-c3cc(-c4ccccc4)ccc3O)c2)cc(C(C)(C)C)c1.[Pt]. The zero-order valence-electron chi connectivity index (χ0n) is 37.5. The molecule has 0 radical (unpaired) electrons. The number of aromatic hydroxyl groups is 1. The van der Waals surface area contributed by atoms with Crippen LogP contribution in [0.3, 0.4) is 0 Å². The summed E-state index contributed by atoms with van der Waals surface area (Å²) in [5.41, 5.74) is 16.9. The number of rotatable bonds is 7. The van der Waals surface area contributed by atoms with Crippen LogP contribution in [0.15, 0.2) is 188 Å². The zero-order valence-corrected chi connectivity index (χ0v) is 39.8. The smallest absolute Gasteiger partial charge is 0.124 e. The Hall–Kier alpha value is -6.87. The number of para-hydroxylation sites is 3. The number of nitrogens with zero attached hydrogens (tertiary/aromatic N) is 3. The van der Waals surface area contributed by atoms with Gasteiger partial charge in [0.2, 0.25) is 0 Å². The van der Waals surface area contributed by atoms with E-state index in [2.05, 4.69) is 198 Å². The van der Waals surface area contributed by atoms with E-state index >= 15 is 0 Å². The van der Waals surface area contributed by atoms with Gasteiger partial charge in [-0.15, -0.1) is 24.3 Å². The minimum atomic E-state index is -0.0652. The largest absolute Gasteiger partial charge is 0.507 e.